The summed E-state index contributed by atoms with van der Waals surface area (Å²) in [4.78, 5) is 3.34. The highest BCUT2D eigenvalue weighted by molar-refractivity contribution is 7.93. The van der Waals surface area contributed by atoms with Crippen LogP contribution in [0.1, 0.15) is 24.0 Å². The number of benzene rings is 2. The fourth-order valence-electron chi connectivity index (χ4n) is 3.85. The molecule has 4 N–H and O–H groups in total. The van der Waals surface area contributed by atoms with Gasteiger partial charge >= 0.3 is 0 Å². The van der Waals surface area contributed by atoms with Gasteiger partial charge in [-0.2, -0.15) is 0 Å². The van der Waals surface area contributed by atoms with Crippen LogP contribution in [0, 0.1) is 5.82 Å². The van der Waals surface area contributed by atoms with Crippen molar-refractivity contribution in [2.24, 2.45) is 0 Å². The van der Waals surface area contributed by atoms with Crippen molar-refractivity contribution in [2.75, 3.05) is 29.7 Å². The molecule has 4 rings (SSSR count). The van der Waals surface area contributed by atoms with E-state index in [0.29, 0.717) is 18.3 Å². The SMILES string of the molecule is O=S(=O)(Nc1nccs1)c1cc(Cl)c(NCCCCNC[C@H]2Cc3ccccc3CN2)cc1F. The van der Waals surface area contributed by atoms with Gasteiger partial charge in [0, 0.05) is 37.3 Å². The molecule has 1 aromatic heterocycles. The highest BCUT2D eigenvalue weighted by Crippen LogP contribution is 2.29. The number of aromatic nitrogens is 1. The molecular weight excluding hydrogens is 497 g/mol. The smallest absolute Gasteiger partial charge is 0.266 e. The van der Waals surface area contributed by atoms with Crippen LogP contribution in [-0.2, 0) is 23.0 Å². The highest BCUT2D eigenvalue weighted by atomic mass is 35.5. The fourth-order valence-corrected chi connectivity index (χ4v) is 6.02. The lowest BCUT2D eigenvalue weighted by Crippen LogP contribution is -2.43. The van der Waals surface area contributed by atoms with Crippen LogP contribution in [0.5, 0.6) is 0 Å². The molecule has 0 saturated carbocycles. The summed E-state index contributed by atoms with van der Waals surface area (Å²) in [6, 6.07) is 11.2. The van der Waals surface area contributed by atoms with Crippen molar-refractivity contribution in [2.45, 2.75) is 36.7 Å². The zero-order chi connectivity index (χ0) is 24.0. The van der Waals surface area contributed by atoms with Crippen molar-refractivity contribution >= 4 is 43.8 Å². The van der Waals surface area contributed by atoms with E-state index in [1.165, 1.54) is 17.3 Å². The Morgan fingerprint density at radius 3 is 2.76 bits per heavy atom. The van der Waals surface area contributed by atoms with Gasteiger partial charge < -0.3 is 16.0 Å². The molecule has 2 heterocycles. The number of nitrogens with one attached hydrogen (secondary N) is 4. The molecule has 0 aliphatic carbocycles. The third-order valence-corrected chi connectivity index (χ3v) is 8.10. The first-order chi connectivity index (χ1) is 16.4. The lowest BCUT2D eigenvalue weighted by atomic mass is 9.96. The molecule has 1 aliphatic heterocycles. The van der Waals surface area contributed by atoms with E-state index in [1.807, 2.05) is 0 Å². The fraction of sp³-hybridized carbons (Fsp3) is 0.348. The maximum absolute atomic E-state index is 14.5. The second kappa shape index (κ2) is 11.5. The van der Waals surface area contributed by atoms with E-state index in [1.54, 1.807) is 5.38 Å². The third kappa shape index (κ3) is 6.45. The van der Waals surface area contributed by atoms with Crippen LogP contribution in [0.2, 0.25) is 5.02 Å². The lowest BCUT2D eigenvalue weighted by molar-refractivity contribution is 0.445. The Morgan fingerprint density at radius 1 is 1.18 bits per heavy atom. The van der Waals surface area contributed by atoms with Crippen LogP contribution in [0.15, 0.2) is 52.9 Å². The summed E-state index contributed by atoms with van der Waals surface area (Å²) < 4.78 is 41.7. The van der Waals surface area contributed by atoms with Crippen molar-refractivity contribution in [1.82, 2.24) is 15.6 Å². The van der Waals surface area contributed by atoms with Gasteiger partial charge in [-0.15, -0.1) is 11.3 Å². The number of nitrogens with zero attached hydrogens (tertiary/aromatic N) is 1. The van der Waals surface area contributed by atoms with E-state index in [2.05, 4.69) is 49.9 Å². The van der Waals surface area contributed by atoms with Crippen molar-refractivity contribution in [3.63, 3.8) is 0 Å². The minimum Gasteiger partial charge on any atom is -0.384 e. The number of unbranched alkanes of at least 4 members (excludes halogenated alkanes) is 1. The van der Waals surface area contributed by atoms with Gasteiger partial charge in [0.2, 0.25) is 0 Å². The molecule has 1 aliphatic rings. The molecule has 0 spiro atoms. The monoisotopic (exact) mass is 523 g/mol. The molecule has 11 heteroatoms. The third-order valence-electron chi connectivity index (χ3n) is 5.62. The predicted molar refractivity (Wildman–Crippen MR) is 136 cm³/mol. The zero-order valence-corrected chi connectivity index (χ0v) is 20.9. The molecule has 34 heavy (non-hydrogen) atoms. The van der Waals surface area contributed by atoms with Crippen molar-refractivity contribution in [3.8, 4) is 0 Å². The molecule has 182 valence electrons. The summed E-state index contributed by atoms with van der Waals surface area (Å²) >= 11 is 7.32. The van der Waals surface area contributed by atoms with Gasteiger partial charge in [0.1, 0.15) is 10.7 Å². The largest absolute Gasteiger partial charge is 0.384 e. The minimum atomic E-state index is -4.12. The summed E-state index contributed by atoms with van der Waals surface area (Å²) in [5, 5.41) is 12.1. The number of sulfonamides is 1. The van der Waals surface area contributed by atoms with E-state index in [9.17, 15) is 12.8 Å². The molecule has 1 atom stereocenters. The van der Waals surface area contributed by atoms with Crippen LogP contribution in [0.4, 0.5) is 15.2 Å². The number of hydrogen-bond acceptors (Lipinski definition) is 7. The van der Waals surface area contributed by atoms with Crippen molar-refractivity contribution in [1.29, 1.82) is 0 Å². The molecule has 0 radical (unpaired) electrons. The first-order valence-electron chi connectivity index (χ1n) is 11.1. The Morgan fingerprint density at radius 2 is 1.97 bits per heavy atom. The van der Waals surface area contributed by atoms with Gasteiger partial charge in [0.05, 0.1) is 10.7 Å². The quantitative estimate of drug-likeness (QED) is 0.281. The normalized spacial score (nSPS) is 15.6. The van der Waals surface area contributed by atoms with Crippen LogP contribution >= 0.6 is 22.9 Å². The number of rotatable bonds is 11. The molecule has 0 unspecified atom stereocenters. The van der Waals surface area contributed by atoms with Crippen LogP contribution in [-0.4, -0.2) is 39.1 Å². The van der Waals surface area contributed by atoms with E-state index >= 15 is 0 Å². The summed E-state index contributed by atoms with van der Waals surface area (Å²) in [5.74, 6) is -0.876. The summed E-state index contributed by atoms with van der Waals surface area (Å²) in [6.45, 7) is 3.29. The Balaban J connectivity index is 1.18. The standard InChI is InChI=1S/C23H27ClFN5O2S2/c24-19-12-22(34(31,32)30-23-28-9-10-33-23)20(25)13-21(19)27-8-4-3-7-26-15-18-11-16-5-1-2-6-17(16)14-29-18/h1-2,5-6,9-10,12-13,18,26-27,29H,3-4,7-8,11,14-15H2,(H,28,30)/t18-/m1/s1. The highest BCUT2D eigenvalue weighted by Gasteiger charge is 2.22. The van der Waals surface area contributed by atoms with E-state index < -0.39 is 20.7 Å². The maximum atomic E-state index is 14.5. The molecule has 2 aromatic carbocycles. The van der Waals surface area contributed by atoms with Gasteiger partial charge in [-0.05, 0) is 49.1 Å². The van der Waals surface area contributed by atoms with E-state index in [-0.39, 0.29) is 10.2 Å². The van der Waals surface area contributed by atoms with Gasteiger partial charge in [-0.25, -0.2) is 17.8 Å². The van der Waals surface area contributed by atoms with Crippen molar-refractivity contribution in [3.05, 3.63) is 69.9 Å². The van der Waals surface area contributed by atoms with Crippen LogP contribution in [0.3, 0.4) is 0 Å². The second-order valence-electron chi connectivity index (χ2n) is 8.09. The Bertz CT molecular complexity index is 1210. The van der Waals surface area contributed by atoms with Gasteiger partial charge in [0.15, 0.2) is 5.13 Å². The maximum Gasteiger partial charge on any atom is 0.266 e. The summed E-state index contributed by atoms with van der Waals surface area (Å²) in [7, 11) is -4.12. The van der Waals surface area contributed by atoms with Gasteiger partial charge in [0.25, 0.3) is 10.0 Å². The Kier molecular flexibility index (Phi) is 8.38. The molecular formula is C23H27ClFN5O2S2. The van der Waals surface area contributed by atoms with Crippen LogP contribution in [0.25, 0.3) is 0 Å². The predicted octanol–water partition coefficient (Wildman–Crippen LogP) is 4.23. The second-order valence-corrected chi connectivity index (χ2v) is 11.0. The molecule has 0 bridgehead atoms. The lowest BCUT2D eigenvalue weighted by Gasteiger charge is -2.26. The van der Waals surface area contributed by atoms with Crippen LogP contribution < -0.4 is 20.7 Å². The number of thiazole rings is 1. The Hall–Kier alpha value is -2.24. The molecule has 7 nitrogen and oxygen atoms in total. The number of anilines is 2. The molecule has 0 amide bonds. The van der Waals surface area contributed by atoms with E-state index in [4.69, 9.17) is 11.6 Å². The van der Waals surface area contributed by atoms with Crippen molar-refractivity contribution < 1.29 is 12.8 Å². The Labute approximate surface area is 208 Å². The number of fused-ring (bicyclic) bond motifs is 1. The van der Waals surface area contributed by atoms with Gasteiger partial charge in [-0.3, -0.25) is 4.72 Å². The molecule has 0 saturated heterocycles. The number of halogens is 2. The summed E-state index contributed by atoms with van der Waals surface area (Å²) in [6.07, 6.45) is 4.29. The van der Waals surface area contributed by atoms with E-state index in [0.717, 1.165) is 62.4 Å². The molecule has 0 fully saturated rings. The number of hydrogen-bond donors (Lipinski definition) is 4. The topological polar surface area (TPSA) is 95.2 Å². The molecule has 3 aromatic rings. The minimum absolute atomic E-state index is 0.141. The zero-order valence-electron chi connectivity index (χ0n) is 18.5. The first-order valence-corrected chi connectivity index (χ1v) is 13.8. The first kappa shape index (κ1) is 24.9. The average molecular weight is 524 g/mol. The van der Waals surface area contributed by atoms with Gasteiger partial charge in [-0.1, -0.05) is 35.9 Å². The average Bonchev–Trinajstić information content (AvgIpc) is 3.32. The summed E-state index contributed by atoms with van der Waals surface area (Å²) in [5.41, 5.74) is 3.16.